The number of quaternary nitrogens is 1. The summed E-state index contributed by atoms with van der Waals surface area (Å²) < 4.78 is 1.13. The van der Waals surface area contributed by atoms with Crippen LogP contribution in [0.25, 0.3) is 0 Å². The van der Waals surface area contributed by atoms with Crippen molar-refractivity contribution in [3.05, 3.63) is 52.7 Å². The number of piperidine rings is 1. The van der Waals surface area contributed by atoms with Crippen molar-refractivity contribution in [2.24, 2.45) is 5.92 Å². The minimum Gasteiger partial charge on any atom is -0.346 e. The zero-order chi connectivity index (χ0) is 16.7. The van der Waals surface area contributed by atoms with Crippen molar-refractivity contribution >= 4 is 12.0 Å². The van der Waals surface area contributed by atoms with Gasteiger partial charge in [0.2, 0.25) is 0 Å². The van der Waals surface area contributed by atoms with Crippen molar-refractivity contribution in [2.75, 3.05) is 32.1 Å². The molecule has 3 aliphatic heterocycles. The van der Waals surface area contributed by atoms with Gasteiger partial charge in [0.15, 0.2) is 0 Å². The third kappa shape index (κ3) is 1.38. The third-order valence-electron chi connectivity index (χ3n) is 7.44. The molecule has 1 aliphatic carbocycles. The van der Waals surface area contributed by atoms with Crippen molar-refractivity contribution in [1.82, 2.24) is 0 Å². The summed E-state index contributed by atoms with van der Waals surface area (Å²) >= 11 is 0. The predicted octanol–water partition coefficient (Wildman–Crippen LogP) is 3.03. The predicted molar refractivity (Wildman–Crippen MR) is 95.8 cm³/mol. The van der Waals surface area contributed by atoms with Crippen LogP contribution < -0.4 is 4.90 Å². The molecule has 0 aromatic heterocycles. The van der Waals surface area contributed by atoms with Crippen LogP contribution >= 0.6 is 0 Å². The van der Waals surface area contributed by atoms with Gasteiger partial charge in [0.1, 0.15) is 18.9 Å². The van der Waals surface area contributed by atoms with Crippen LogP contribution in [-0.4, -0.2) is 44.0 Å². The summed E-state index contributed by atoms with van der Waals surface area (Å²) in [6.45, 7) is 4.44. The molecule has 0 unspecified atom stereocenters. The third-order valence-corrected chi connectivity index (χ3v) is 7.44. The Balaban J connectivity index is 1.88. The van der Waals surface area contributed by atoms with E-state index in [-0.39, 0.29) is 5.41 Å². The van der Waals surface area contributed by atoms with Gasteiger partial charge in [-0.2, -0.15) is 0 Å². The average Bonchev–Trinajstić information content (AvgIpc) is 3.07. The van der Waals surface area contributed by atoms with E-state index in [1.165, 1.54) is 29.1 Å². The highest BCUT2D eigenvalue weighted by atomic mass is 16.1. The Morgan fingerprint density at radius 1 is 1.33 bits per heavy atom. The van der Waals surface area contributed by atoms with Crippen LogP contribution in [0.2, 0.25) is 0 Å². The topological polar surface area (TPSA) is 20.3 Å². The number of rotatable bonds is 1. The van der Waals surface area contributed by atoms with E-state index in [2.05, 4.69) is 56.3 Å². The first-order valence-electron chi connectivity index (χ1n) is 9.09. The van der Waals surface area contributed by atoms with Gasteiger partial charge in [-0.3, -0.25) is 4.79 Å². The van der Waals surface area contributed by atoms with Gasteiger partial charge in [0.25, 0.3) is 0 Å². The van der Waals surface area contributed by atoms with E-state index in [1.54, 1.807) is 0 Å². The van der Waals surface area contributed by atoms with E-state index < -0.39 is 0 Å². The standard InChI is InChI=1S/C21H25N2O/c1-4-14-12-23(3)10-9-21-17-7-5-6-8-18(17)22(2)20(21)16(13-24)15(14)11-19(21)23/h4-8,13,15,19H,9-12H2,1-3H3/q+1/b14-4+/t15-,19-,21+,23-/m0/s1. The lowest BCUT2D eigenvalue weighted by molar-refractivity contribution is -0.923. The Hall–Kier alpha value is -1.87. The fraction of sp³-hybridized carbons (Fsp3) is 0.476. The molecule has 3 nitrogen and oxygen atoms in total. The molecule has 4 aliphatic rings. The van der Waals surface area contributed by atoms with E-state index >= 15 is 0 Å². The molecule has 1 aromatic carbocycles. The summed E-state index contributed by atoms with van der Waals surface area (Å²) in [5.74, 6) is 0.321. The molecule has 0 radical (unpaired) electrons. The highest BCUT2D eigenvalue weighted by molar-refractivity contribution is 5.85. The number of anilines is 1. The van der Waals surface area contributed by atoms with Crippen LogP contribution in [-0.2, 0) is 10.2 Å². The summed E-state index contributed by atoms with van der Waals surface area (Å²) in [5, 5.41) is 0. The average molecular weight is 321 g/mol. The molecule has 1 spiro atoms. The molecule has 4 atom stereocenters. The number of carbonyl (C=O) groups is 1. The van der Waals surface area contributed by atoms with Gasteiger partial charge >= 0.3 is 0 Å². The first kappa shape index (κ1) is 14.5. The van der Waals surface area contributed by atoms with Crippen LogP contribution in [0.1, 0.15) is 25.3 Å². The minimum atomic E-state index is 0.0477. The highest BCUT2D eigenvalue weighted by Gasteiger charge is 2.68. The summed E-state index contributed by atoms with van der Waals surface area (Å²) in [7, 11) is 4.59. The molecule has 1 aromatic rings. The van der Waals surface area contributed by atoms with E-state index in [0.717, 1.165) is 35.7 Å². The zero-order valence-electron chi connectivity index (χ0n) is 14.7. The number of hydrogen-bond donors (Lipinski definition) is 0. The lowest BCUT2D eigenvalue weighted by Gasteiger charge is -2.52. The maximum Gasteiger partial charge on any atom is 0.148 e. The van der Waals surface area contributed by atoms with E-state index in [9.17, 15) is 4.79 Å². The van der Waals surface area contributed by atoms with Crippen molar-refractivity contribution in [2.45, 2.75) is 31.2 Å². The molecule has 24 heavy (non-hydrogen) atoms. The number of aldehydes is 1. The number of hydrogen-bond acceptors (Lipinski definition) is 2. The molecule has 0 amide bonds. The van der Waals surface area contributed by atoms with Crippen molar-refractivity contribution in [3.63, 3.8) is 0 Å². The molecular formula is C21H25N2O+. The second-order valence-corrected chi connectivity index (χ2v) is 8.25. The molecule has 0 N–H and O–H groups in total. The van der Waals surface area contributed by atoms with Gasteiger partial charge in [0, 0.05) is 42.8 Å². The van der Waals surface area contributed by atoms with Crippen molar-refractivity contribution < 1.29 is 9.28 Å². The Morgan fingerprint density at radius 2 is 2.12 bits per heavy atom. The minimum absolute atomic E-state index is 0.0477. The van der Waals surface area contributed by atoms with Crippen molar-refractivity contribution in [3.8, 4) is 0 Å². The molecule has 2 fully saturated rings. The Bertz CT molecular complexity index is 823. The number of fused-ring (bicyclic) bond motifs is 2. The molecular weight excluding hydrogens is 296 g/mol. The molecule has 0 saturated carbocycles. The molecule has 2 saturated heterocycles. The van der Waals surface area contributed by atoms with Crippen LogP contribution in [0.3, 0.4) is 0 Å². The summed E-state index contributed by atoms with van der Waals surface area (Å²) in [6, 6.07) is 9.41. The fourth-order valence-electron chi connectivity index (χ4n) is 6.49. The summed E-state index contributed by atoms with van der Waals surface area (Å²) in [5.41, 5.74) is 6.62. The van der Waals surface area contributed by atoms with Crippen LogP contribution in [0.5, 0.6) is 0 Å². The van der Waals surface area contributed by atoms with Gasteiger partial charge in [0.05, 0.1) is 19.0 Å². The van der Waals surface area contributed by atoms with Crippen molar-refractivity contribution in [1.29, 1.82) is 0 Å². The van der Waals surface area contributed by atoms with Gasteiger partial charge in [-0.25, -0.2) is 0 Å². The molecule has 3 heteroatoms. The molecule has 2 bridgehead atoms. The number of likely N-dealkylation sites (N-methyl/N-ethyl adjacent to an activating group) is 2. The maximum absolute atomic E-state index is 12.2. The van der Waals surface area contributed by atoms with Crippen LogP contribution in [0.15, 0.2) is 47.2 Å². The van der Waals surface area contributed by atoms with Crippen LogP contribution in [0.4, 0.5) is 5.69 Å². The Kier molecular flexibility index (Phi) is 2.65. The lowest BCUT2D eigenvalue weighted by atomic mass is 9.61. The largest absolute Gasteiger partial charge is 0.346 e. The first-order chi connectivity index (χ1) is 11.6. The Morgan fingerprint density at radius 3 is 2.88 bits per heavy atom. The second-order valence-electron chi connectivity index (χ2n) is 8.25. The van der Waals surface area contributed by atoms with Crippen LogP contribution in [0, 0.1) is 5.92 Å². The highest BCUT2D eigenvalue weighted by Crippen LogP contribution is 2.64. The monoisotopic (exact) mass is 321 g/mol. The Labute approximate surface area is 143 Å². The molecule has 124 valence electrons. The van der Waals surface area contributed by atoms with E-state index in [4.69, 9.17) is 0 Å². The fourth-order valence-corrected chi connectivity index (χ4v) is 6.49. The van der Waals surface area contributed by atoms with Gasteiger partial charge in [-0.05, 0) is 24.1 Å². The van der Waals surface area contributed by atoms with Gasteiger partial charge in [-0.1, -0.05) is 24.3 Å². The normalized spacial score (nSPS) is 40.8. The summed E-state index contributed by atoms with van der Waals surface area (Å²) in [4.78, 5) is 14.5. The lowest BCUT2D eigenvalue weighted by Crippen LogP contribution is -2.61. The smallest absolute Gasteiger partial charge is 0.148 e. The molecule has 3 heterocycles. The van der Waals surface area contributed by atoms with Gasteiger partial charge < -0.3 is 9.38 Å². The number of nitrogens with zero attached hydrogens (tertiary/aromatic N) is 2. The van der Waals surface area contributed by atoms with E-state index in [0.29, 0.717) is 12.0 Å². The molecule has 5 rings (SSSR count). The maximum atomic E-state index is 12.2. The van der Waals surface area contributed by atoms with Gasteiger partial charge in [-0.15, -0.1) is 0 Å². The number of benzene rings is 1. The quantitative estimate of drug-likeness (QED) is 0.450. The SMILES string of the molecule is C/C=C1\C[N@+]2(C)CC[C@]34C(=C(C=O)[C@H]1C[C@@H]32)N(C)c1ccccc14. The first-order valence-corrected chi connectivity index (χ1v) is 9.09. The number of allylic oxidation sites excluding steroid dienone is 2. The number of carbonyl (C=O) groups excluding carboxylic acids is 1. The zero-order valence-corrected chi connectivity index (χ0v) is 14.7. The van der Waals surface area contributed by atoms with E-state index in [1.807, 2.05) is 0 Å². The summed E-state index contributed by atoms with van der Waals surface area (Å²) in [6.07, 6.45) is 5.71. The second kappa shape index (κ2) is 4.40. The number of para-hydroxylation sites is 1.